The van der Waals surface area contributed by atoms with Crippen LogP contribution in [0.5, 0.6) is 0 Å². The number of pyridine rings is 1. The van der Waals surface area contributed by atoms with Gasteiger partial charge in [-0.25, -0.2) is 21.4 Å². The maximum absolute atomic E-state index is 11.4. The van der Waals surface area contributed by atoms with Crippen LogP contribution >= 0.6 is 0 Å². The molecule has 1 rings (SSSR count). The molecule has 7 nitrogen and oxygen atoms in total. The lowest BCUT2D eigenvalue weighted by molar-refractivity contribution is -0.697. The quantitative estimate of drug-likeness (QED) is 0.482. The smallest absolute Gasteiger partial charge is 0.421 e. The molecule has 0 unspecified atom stereocenters. The maximum atomic E-state index is 11.4. The lowest BCUT2D eigenvalue weighted by Crippen LogP contribution is -2.32. The molecule has 0 aliphatic heterocycles. The van der Waals surface area contributed by atoms with E-state index in [9.17, 15) is 43.2 Å². The number of aromatic nitrogens is 1. The normalized spacial score (nSPS) is 12.9. The summed E-state index contributed by atoms with van der Waals surface area (Å²) in [5, 5.41) is 0. The summed E-state index contributed by atoms with van der Waals surface area (Å²) >= 11 is 0. The van der Waals surface area contributed by atoms with Gasteiger partial charge in [-0.15, -0.1) is 0 Å². The highest BCUT2D eigenvalue weighted by molar-refractivity contribution is 8.13. The number of halogens is 6. The minimum absolute atomic E-state index is 0.778. The van der Waals surface area contributed by atoms with Gasteiger partial charge in [0.25, 0.3) is 0 Å². The first-order valence-corrected chi connectivity index (χ1v) is 10.4. The molecule has 0 saturated carbocycles. The fourth-order valence-corrected chi connectivity index (χ4v) is 3.16. The summed E-state index contributed by atoms with van der Waals surface area (Å²) < 4.78 is 111. The summed E-state index contributed by atoms with van der Waals surface area (Å²) in [5.41, 5.74) is -11.1. The summed E-state index contributed by atoms with van der Waals surface area (Å²) in [6.07, 6.45) is 6.80. The minimum Gasteiger partial charge on any atom is -0.421 e. The second-order valence-corrected chi connectivity index (χ2v) is 8.88. The Bertz CT molecular complexity index is 777. The summed E-state index contributed by atoms with van der Waals surface area (Å²) in [6.45, 7) is 3.35. The first-order valence-electron chi connectivity index (χ1n) is 7.48. The van der Waals surface area contributed by atoms with Gasteiger partial charge in [0, 0.05) is 38.3 Å². The Balaban J connectivity index is 0.000000525. The van der Waals surface area contributed by atoms with Crippen molar-refractivity contribution < 1.29 is 47.7 Å². The Morgan fingerprint density at radius 3 is 1.61 bits per heavy atom. The molecule has 0 atom stereocenters. The molecule has 1 aromatic heterocycles. The van der Waals surface area contributed by atoms with E-state index in [2.05, 4.69) is 55.0 Å². The molecule has 0 fully saturated rings. The molecule has 1 aromatic rings. The van der Waals surface area contributed by atoms with Crippen LogP contribution in [0.25, 0.3) is 4.13 Å². The lowest BCUT2D eigenvalue weighted by atomic mass is 10.3. The number of anilines is 1. The van der Waals surface area contributed by atoms with Crippen LogP contribution in [0.2, 0.25) is 0 Å². The molecular weight excluding hydrogens is 440 g/mol. The van der Waals surface area contributed by atoms with Crippen LogP contribution in [0.4, 0.5) is 32.0 Å². The molecule has 164 valence electrons. The Morgan fingerprint density at radius 2 is 1.32 bits per heavy atom. The topological polar surface area (TPSA) is 89.5 Å². The van der Waals surface area contributed by atoms with E-state index in [-0.39, 0.29) is 0 Å². The highest BCUT2D eigenvalue weighted by Crippen LogP contribution is 2.36. The predicted octanol–water partition coefficient (Wildman–Crippen LogP) is 2.90. The summed E-state index contributed by atoms with van der Waals surface area (Å²) in [7, 11) is -9.32. The van der Waals surface area contributed by atoms with E-state index in [0.29, 0.717) is 0 Å². The van der Waals surface area contributed by atoms with E-state index in [1.165, 1.54) is 18.5 Å². The van der Waals surface area contributed by atoms with Gasteiger partial charge < -0.3 is 9.03 Å². The third-order valence-electron chi connectivity index (χ3n) is 2.94. The first kappa shape index (κ1) is 26.4. The summed E-state index contributed by atoms with van der Waals surface area (Å²) in [4.78, 5) is 2.12. The Hall–Kier alpha value is -1.61. The van der Waals surface area contributed by atoms with Crippen LogP contribution in [0.1, 0.15) is 19.8 Å². The fourth-order valence-electron chi connectivity index (χ4n) is 1.45. The molecule has 0 N–H and O–H groups in total. The third kappa shape index (κ3) is 8.18. The molecule has 0 aliphatic rings. The Morgan fingerprint density at radius 1 is 0.929 bits per heavy atom. The molecule has 0 radical (unpaired) electrons. The van der Waals surface area contributed by atoms with Gasteiger partial charge in [-0.2, -0.15) is 26.3 Å². The zero-order valence-electron chi connectivity index (χ0n) is 15.0. The average Bonchev–Trinajstić information content (AvgIpc) is 2.50. The zero-order chi connectivity index (χ0) is 22.4. The number of hydrogen-bond acceptors (Lipinski definition) is 5. The number of sulfonamides is 2. The number of hydrogen-bond donors (Lipinski definition) is 0. The SMILES string of the molecule is CCCC[n+]1ccc(N(C)C)cc1.O=S(=O)([N-]S(=O)(=O)C(F)(F)F)C(F)(F)F. The van der Waals surface area contributed by atoms with E-state index in [0.717, 1.165) is 10.7 Å². The van der Waals surface area contributed by atoms with Gasteiger partial charge in [0.05, 0.1) is 0 Å². The van der Waals surface area contributed by atoms with Gasteiger partial charge in [0.2, 0.25) is 0 Å². The minimum atomic E-state index is -6.72. The Labute approximate surface area is 159 Å². The zero-order valence-corrected chi connectivity index (χ0v) is 16.6. The van der Waals surface area contributed by atoms with Gasteiger partial charge in [-0.1, -0.05) is 13.3 Å². The van der Waals surface area contributed by atoms with Crippen molar-refractivity contribution in [1.29, 1.82) is 0 Å². The van der Waals surface area contributed by atoms with Gasteiger partial charge >= 0.3 is 11.0 Å². The van der Waals surface area contributed by atoms with Crippen molar-refractivity contribution in [3.05, 3.63) is 28.7 Å². The largest absolute Gasteiger partial charge is 0.480 e. The second kappa shape index (κ2) is 9.73. The number of nitrogens with zero attached hydrogens (tertiary/aromatic N) is 3. The molecule has 0 aliphatic carbocycles. The van der Waals surface area contributed by atoms with E-state index in [1.807, 2.05) is 0 Å². The highest BCUT2D eigenvalue weighted by atomic mass is 32.3. The summed E-state index contributed by atoms with van der Waals surface area (Å²) in [6, 6.07) is 4.30. The van der Waals surface area contributed by atoms with Crippen molar-refractivity contribution in [2.24, 2.45) is 0 Å². The predicted molar refractivity (Wildman–Crippen MR) is 89.2 cm³/mol. The van der Waals surface area contributed by atoms with Crippen molar-refractivity contribution in [3.8, 4) is 0 Å². The third-order valence-corrected chi connectivity index (χ3v) is 5.68. The van der Waals surface area contributed by atoms with Crippen molar-refractivity contribution in [3.63, 3.8) is 0 Å². The number of aryl methyl sites for hydroxylation is 1. The van der Waals surface area contributed by atoms with Crippen molar-refractivity contribution >= 4 is 25.7 Å². The molecule has 0 spiro atoms. The van der Waals surface area contributed by atoms with Crippen LogP contribution < -0.4 is 9.47 Å². The molecular formula is C13H19F6N3O4S2. The number of unbranched alkanes of at least 4 members (excludes halogenated alkanes) is 1. The standard InChI is InChI=1S/C11H19N2.C2F6NO4S2/c1-4-5-8-13-9-6-11(7-10-13)12(2)3;3-1(4,5)14(10,11)9-15(12,13)2(6,7)8/h6-7,9-10H,4-5,8H2,1-3H3;/q+1;-1. The molecule has 0 amide bonds. The summed E-state index contributed by atoms with van der Waals surface area (Å²) in [5.74, 6) is 0. The van der Waals surface area contributed by atoms with Crippen LogP contribution in [-0.2, 0) is 26.6 Å². The van der Waals surface area contributed by atoms with Gasteiger partial charge in [0.15, 0.2) is 32.4 Å². The molecule has 1 heterocycles. The van der Waals surface area contributed by atoms with Crippen molar-refractivity contribution in [2.45, 2.75) is 37.3 Å². The van der Waals surface area contributed by atoms with Gasteiger partial charge in [-0.05, 0) is 0 Å². The lowest BCUT2D eigenvalue weighted by Gasteiger charge is -2.22. The maximum Gasteiger partial charge on any atom is 0.480 e. The van der Waals surface area contributed by atoms with E-state index >= 15 is 0 Å². The first-order chi connectivity index (χ1) is 12.4. The fraction of sp³-hybridized carbons (Fsp3) is 0.615. The molecule has 0 aromatic carbocycles. The highest BCUT2D eigenvalue weighted by Gasteiger charge is 2.46. The molecule has 0 saturated heterocycles. The van der Waals surface area contributed by atoms with Crippen molar-refractivity contribution in [2.75, 3.05) is 19.0 Å². The Kier molecular flexibility index (Phi) is 9.17. The number of rotatable bonds is 6. The van der Waals surface area contributed by atoms with Crippen LogP contribution in [0.3, 0.4) is 0 Å². The van der Waals surface area contributed by atoms with Gasteiger partial charge in [0.1, 0.15) is 6.54 Å². The van der Waals surface area contributed by atoms with Crippen molar-refractivity contribution in [1.82, 2.24) is 0 Å². The second-order valence-electron chi connectivity index (χ2n) is 5.46. The average molecular weight is 459 g/mol. The van der Waals surface area contributed by atoms with Gasteiger partial charge in [-0.3, -0.25) is 0 Å². The van der Waals surface area contributed by atoms with Crippen LogP contribution in [-0.4, -0.2) is 41.9 Å². The number of alkyl halides is 6. The molecule has 15 heteroatoms. The molecule has 0 bridgehead atoms. The van der Waals surface area contributed by atoms with E-state index in [1.54, 1.807) is 0 Å². The molecule has 28 heavy (non-hydrogen) atoms. The van der Waals surface area contributed by atoms with E-state index < -0.39 is 31.1 Å². The van der Waals surface area contributed by atoms with E-state index in [4.69, 9.17) is 0 Å². The van der Waals surface area contributed by atoms with Crippen LogP contribution in [0, 0.1) is 0 Å². The van der Waals surface area contributed by atoms with Crippen LogP contribution in [0.15, 0.2) is 24.5 Å². The monoisotopic (exact) mass is 459 g/mol.